The molecule has 0 atom stereocenters. The maximum Gasteiger partial charge on any atom is 0.253 e. The van der Waals surface area contributed by atoms with Gasteiger partial charge in [0, 0.05) is 47.9 Å². The molecule has 1 N–H and O–H groups in total. The number of pyridine rings is 1. The van der Waals surface area contributed by atoms with Gasteiger partial charge < -0.3 is 9.88 Å². The van der Waals surface area contributed by atoms with E-state index < -0.39 is 0 Å². The summed E-state index contributed by atoms with van der Waals surface area (Å²) in [6, 6.07) is 1.56. The largest absolute Gasteiger partial charge is 0.350 e. The lowest BCUT2D eigenvalue weighted by Gasteiger charge is -2.23. The van der Waals surface area contributed by atoms with Gasteiger partial charge in [-0.25, -0.2) is 9.97 Å². The number of aromatic nitrogens is 3. The summed E-state index contributed by atoms with van der Waals surface area (Å²) in [7, 11) is 0. The Labute approximate surface area is 134 Å². The molecule has 0 fully saturated rings. The van der Waals surface area contributed by atoms with E-state index >= 15 is 0 Å². The Hall–Kier alpha value is -2.50. The van der Waals surface area contributed by atoms with Crippen molar-refractivity contribution in [1.82, 2.24) is 19.9 Å². The van der Waals surface area contributed by atoms with Crippen LogP contribution in [0.5, 0.6) is 0 Å². The molecule has 0 saturated carbocycles. The molecule has 3 rings (SSSR count). The summed E-state index contributed by atoms with van der Waals surface area (Å²) in [5, 5.41) is 2.94. The van der Waals surface area contributed by atoms with Gasteiger partial charge >= 0.3 is 0 Å². The molecule has 3 heterocycles. The van der Waals surface area contributed by atoms with Crippen LogP contribution >= 0.6 is 0 Å². The maximum atomic E-state index is 12.8. The van der Waals surface area contributed by atoms with Crippen molar-refractivity contribution in [3.63, 3.8) is 0 Å². The fourth-order valence-electron chi connectivity index (χ4n) is 3.02. The van der Waals surface area contributed by atoms with Gasteiger partial charge in [-0.2, -0.15) is 0 Å². The lowest BCUT2D eigenvalue weighted by atomic mass is 9.95. The van der Waals surface area contributed by atoms with Crippen LogP contribution in [0.1, 0.15) is 42.7 Å². The number of hydrogen-bond acceptors (Lipinski definition) is 4. The van der Waals surface area contributed by atoms with Crippen molar-refractivity contribution in [2.24, 2.45) is 0 Å². The van der Waals surface area contributed by atoms with Crippen molar-refractivity contribution in [2.45, 2.75) is 45.7 Å². The molecule has 1 amide bonds. The monoisotopic (exact) mass is 312 g/mol. The Bertz CT molecular complexity index is 781. The summed E-state index contributed by atoms with van der Waals surface area (Å²) in [6.45, 7) is 4.51. The fraction of sp³-hybridized carbons (Fsp3) is 0.412. The Kier molecular flexibility index (Phi) is 4.23. The molecular weight excluding hydrogens is 292 g/mol. The molecule has 2 aromatic rings. The SMILES string of the molecule is CC(C)NC(=O)c1c(-c2cncnc2)cc(=O)n2c1CCCC2. The molecule has 6 heteroatoms. The normalized spacial score (nSPS) is 13.7. The highest BCUT2D eigenvalue weighted by Gasteiger charge is 2.24. The molecule has 0 aromatic carbocycles. The fourth-order valence-corrected chi connectivity index (χ4v) is 3.02. The molecule has 0 spiro atoms. The molecule has 0 aliphatic carbocycles. The predicted octanol–water partition coefficient (Wildman–Crippen LogP) is 1.78. The van der Waals surface area contributed by atoms with E-state index in [-0.39, 0.29) is 17.5 Å². The van der Waals surface area contributed by atoms with Crippen LogP contribution in [0.4, 0.5) is 0 Å². The van der Waals surface area contributed by atoms with E-state index in [0.717, 1.165) is 25.0 Å². The Balaban J connectivity index is 2.24. The van der Waals surface area contributed by atoms with Crippen LogP contribution in [0, 0.1) is 0 Å². The average molecular weight is 312 g/mol. The molecule has 1 aliphatic heterocycles. The average Bonchev–Trinajstić information content (AvgIpc) is 2.55. The van der Waals surface area contributed by atoms with Crippen LogP contribution in [0.25, 0.3) is 11.1 Å². The van der Waals surface area contributed by atoms with Gasteiger partial charge in [-0.1, -0.05) is 0 Å². The van der Waals surface area contributed by atoms with Gasteiger partial charge in [0.1, 0.15) is 6.33 Å². The number of hydrogen-bond donors (Lipinski definition) is 1. The second kappa shape index (κ2) is 6.32. The zero-order valence-corrected chi connectivity index (χ0v) is 13.4. The smallest absolute Gasteiger partial charge is 0.253 e. The molecule has 120 valence electrons. The Morgan fingerprint density at radius 1 is 1.26 bits per heavy atom. The van der Waals surface area contributed by atoms with Crippen LogP contribution in [0.3, 0.4) is 0 Å². The van der Waals surface area contributed by atoms with Gasteiger partial charge in [0.25, 0.3) is 11.5 Å². The van der Waals surface area contributed by atoms with Crippen LogP contribution in [0.2, 0.25) is 0 Å². The van der Waals surface area contributed by atoms with Gasteiger partial charge in [0.15, 0.2) is 0 Å². The summed E-state index contributed by atoms with van der Waals surface area (Å²) < 4.78 is 1.73. The van der Waals surface area contributed by atoms with E-state index in [9.17, 15) is 9.59 Å². The molecule has 23 heavy (non-hydrogen) atoms. The molecule has 6 nitrogen and oxygen atoms in total. The predicted molar refractivity (Wildman–Crippen MR) is 87.3 cm³/mol. The van der Waals surface area contributed by atoms with Crippen molar-refractivity contribution in [1.29, 1.82) is 0 Å². The highest BCUT2D eigenvalue weighted by molar-refractivity contribution is 6.02. The van der Waals surface area contributed by atoms with E-state index in [1.54, 1.807) is 17.0 Å². The minimum atomic E-state index is -0.149. The molecule has 1 aliphatic rings. The molecule has 0 saturated heterocycles. The van der Waals surface area contributed by atoms with E-state index in [1.807, 2.05) is 13.8 Å². The van der Waals surface area contributed by atoms with Crippen molar-refractivity contribution < 1.29 is 4.79 Å². The van der Waals surface area contributed by atoms with Crippen LogP contribution in [-0.2, 0) is 13.0 Å². The molecular formula is C17H20N4O2. The van der Waals surface area contributed by atoms with Crippen molar-refractivity contribution in [3.8, 4) is 11.1 Å². The molecule has 2 aromatic heterocycles. The topological polar surface area (TPSA) is 76.9 Å². The third kappa shape index (κ3) is 3.02. The minimum absolute atomic E-state index is 0.0264. The third-order valence-corrected chi connectivity index (χ3v) is 3.98. The first-order chi connectivity index (χ1) is 11.1. The van der Waals surface area contributed by atoms with Crippen LogP contribution in [0.15, 0.2) is 29.6 Å². The van der Waals surface area contributed by atoms with Gasteiger partial charge in [-0.05, 0) is 33.1 Å². The molecule has 0 radical (unpaired) electrons. The number of carbonyl (C=O) groups excluding carboxylic acids is 1. The number of fused-ring (bicyclic) bond motifs is 1. The maximum absolute atomic E-state index is 12.8. The number of amides is 1. The summed E-state index contributed by atoms with van der Waals surface area (Å²) in [5.74, 6) is -0.149. The second-order valence-electron chi connectivity index (χ2n) is 6.08. The Morgan fingerprint density at radius 3 is 2.70 bits per heavy atom. The van der Waals surface area contributed by atoms with Gasteiger partial charge in [0.2, 0.25) is 0 Å². The summed E-state index contributed by atoms with van der Waals surface area (Å²) in [5.41, 5.74) is 2.63. The quantitative estimate of drug-likeness (QED) is 0.937. The zero-order chi connectivity index (χ0) is 16.4. The third-order valence-electron chi connectivity index (χ3n) is 3.98. The van der Waals surface area contributed by atoms with Gasteiger partial charge in [-0.3, -0.25) is 9.59 Å². The van der Waals surface area contributed by atoms with E-state index in [0.29, 0.717) is 23.2 Å². The van der Waals surface area contributed by atoms with Crippen LogP contribution in [-0.4, -0.2) is 26.5 Å². The number of nitrogens with one attached hydrogen (secondary N) is 1. The van der Waals surface area contributed by atoms with Crippen molar-refractivity contribution in [2.75, 3.05) is 0 Å². The Morgan fingerprint density at radius 2 is 2.00 bits per heavy atom. The summed E-state index contributed by atoms with van der Waals surface area (Å²) in [4.78, 5) is 33.2. The summed E-state index contributed by atoms with van der Waals surface area (Å²) in [6.07, 6.45) is 7.38. The summed E-state index contributed by atoms with van der Waals surface area (Å²) >= 11 is 0. The number of carbonyl (C=O) groups is 1. The van der Waals surface area contributed by atoms with E-state index in [2.05, 4.69) is 15.3 Å². The highest BCUT2D eigenvalue weighted by atomic mass is 16.2. The zero-order valence-electron chi connectivity index (χ0n) is 13.4. The van der Waals surface area contributed by atoms with Gasteiger partial charge in [0.05, 0.1) is 5.56 Å². The second-order valence-corrected chi connectivity index (χ2v) is 6.08. The number of nitrogens with zero attached hydrogens (tertiary/aromatic N) is 3. The first kappa shape index (κ1) is 15.4. The van der Waals surface area contributed by atoms with E-state index in [1.165, 1.54) is 12.4 Å². The van der Waals surface area contributed by atoms with E-state index in [4.69, 9.17) is 0 Å². The molecule has 0 unspecified atom stereocenters. The first-order valence-electron chi connectivity index (χ1n) is 7.91. The van der Waals surface area contributed by atoms with Crippen molar-refractivity contribution >= 4 is 5.91 Å². The number of rotatable bonds is 3. The first-order valence-corrected chi connectivity index (χ1v) is 7.91. The highest BCUT2D eigenvalue weighted by Crippen LogP contribution is 2.27. The molecule has 0 bridgehead atoms. The lowest BCUT2D eigenvalue weighted by Crippen LogP contribution is -2.35. The van der Waals surface area contributed by atoms with Crippen LogP contribution < -0.4 is 10.9 Å². The minimum Gasteiger partial charge on any atom is -0.350 e. The van der Waals surface area contributed by atoms with Crippen molar-refractivity contribution in [3.05, 3.63) is 46.4 Å². The standard InChI is InChI=1S/C17H20N4O2/c1-11(2)20-17(23)16-13(12-8-18-10-19-9-12)7-15(22)21-6-4-3-5-14(16)21/h7-11H,3-6H2,1-2H3,(H,20,23). The van der Waals surface area contributed by atoms with Gasteiger partial charge in [-0.15, -0.1) is 0 Å². The lowest BCUT2D eigenvalue weighted by molar-refractivity contribution is 0.0941.